The molecule has 1 fully saturated rings. The minimum Gasteiger partial charge on any atom is -0.393 e. The molecule has 3 nitrogen and oxygen atoms in total. The van der Waals surface area contributed by atoms with E-state index in [2.05, 4.69) is 48.0 Å². The van der Waals surface area contributed by atoms with E-state index in [-0.39, 0.29) is 6.10 Å². The minimum absolute atomic E-state index is 0.112. The Hall–Kier alpha value is -0.970. The van der Waals surface area contributed by atoms with Crippen LogP contribution in [0.25, 0.3) is 0 Å². The van der Waals surface area contributed by atoms with E-state index in [1.165, 1.54) is 11.3 Å². The first-order valence-electron chi connectivity index (χ1n) is 8.15. The smallest absolute Gasteiger partial charge is 0.0574 e. The molecule has 0 spiro atoms. The van der Waals surface area contributed by atoms with Crippen molar-refractivity contribution in [2.24, 2.45) is 0 Å². The molecular formula is C18H28N2OS. The molecule has 2 rings (SSSR count). The van der Waals surface area contributed by atoms with Gasteiger partial charge in [0.05, 0.1) is 6.10 Å². The molecule has 0 aromatic heterocycles. The fourth-order valence-electron chi connectivity index (χ4n) is 2.73. The molecule has 1 atom stereocenters. The lowest BCUT2D eigenvalue weighted by atomic mass is 10.0. The normalized spacial score (nSPS) is 17.5. The lowest BCUT2D eigenvalue weighted by Gasteiger charge is -2.31. The van der Waals surface area contributed by atoms with Crippen LogP contribution >= 0.6 is 11.8 Å². The van der Waals surface area contributed by atoms with Gasteiger partial charge >= 0.3 is 0 Å². The van der Waals surface area contributed by atoms with E-state index in [1.807, 2.05) is 17.8 Å². The Bertz CT molecular complexity index is 441. The third kappa shape index (κ3) is 5.34. The maximum absolute atomic E-state index is 9.59. The van der Waals surface area contributed by atoms with Crippen molar-refractivity contribution in [2.45, 2.75) is 31.9 Å². The summed E-state index contributed by atoms with van der Waals surface area (Å²) in [7, 11) is 0. The first-order valence-corrected chi connectivity index (χ1v) is 9.31. The van der Waals surface area contributed by atoms with Crippen LogP contribution in [0.4, 0.5) is 5.69 Å². The molecule has 22 heavy (non-hydrogen) atoms. The first kappa shape index (κ1) is 17.4. The fourth-order valence-corrected chi connectivity index (χ4v) is 3.33. The second kappa shape index (κ2) is 9.23. The van der Waals surface area contributed by atoms with E-state index < -0.39 is 0 Å². The van der Waals surface area contributed by atoms with E-state index in [0.29, 0.717) is 6.04 Å². The van der Waals surface area contributed by atoms with Crippen molar-refractivity contribution in [3.05, 3.63) is 42.5 Å². The van der Waals surface area contributed by atoms with Crippen molar-refractivity contribution in [2.75, 3.05) is 36.0 Å². The predicted octanol–water partition coefficient (Wildman–Crippen LogP) is 3.22. The minimum atomic E-state index is -0.112. The van der Waals surface area contributed by atoms with Gasteiger partial charge in [0.1, 0.15) is 0 Å². The number of hydrogen-bond acceptors (Lipinski definition) is 4. The summed E-state index contributed by atoms with van der Waals surface area (Å²) in [5, 5.41) is 13.1. The fraction of sp³-hybridized carbons (Fsp3) is 0.556. The van der Waals surface area contributed by atoms with Crippen LogP contribution in [0.5, 0.6) is 0 Å². The molecule has 1 aromatic rings. The highest BCUT2D eigenvalue weighted by Crippen LogP contribution is 2.22. The van der Waals surface area contributed by atoms with Crippen LogP contribution in [0.15, 0.2) is 36.9 Å². The lowest BCUT2D eigenvalue weighted by molar-refractivity contribution is 0.145. The van der Waals surface area contributed by atoms with Gasteiger partial charge in [0.2, 0.25) is 0 Å². The zero-order chi connectivity index (χ0) is 15.8. The van der Waals surface area contributed by atoms with Crippen molar-refractivity contribution >= 4 is 17.4 Å². The number of rotatable bonds is 8. The molecule has 0 aliphatic carbocycles. The van der Waals surface area contributed by atoms with Gasteiger partial charge in [-0.05, 0) is 37.5 Å². The van der Waals surface area contributed by atoms with Crippen molar-refractivity contribution in [3.63, 3.8) is 0 Å². The van der Waals surface area contributed by atoms with Crippen LogP contribution in [0.2, 0.25) is 0 Å². The number of thioether (sulfide) groups is 1. The van der Waals surface area contributed by atoms with Crippen LogP contribution in [-0.2, 0) is 0 Å². The van der Waals surface area contributed by atoms with Crippen LogP contribution in [-0.4, -0.2) is 42.4 Å². The van der Waals surface area contributed by atoms with Crippen molar-refractivity contribution in [1.29, 1.82) is 0 Å². The zero-order valence-electron chi connectivity index (χ0n) is 13.5. The molecule has 0 bridgehead atoms. The summed E-state index contributed by atoms with van der Waals surface area (Å²) in [5.41, 5.74) is 2.60. The Kier molecular flexibility index (Phi) is 7.30. The van der Waals surface area contributed by atoms with Gasteiger partial charge in [0.25, 0.3) is 0 Å². The Balaban J connectivity index is 1.79. The molecule has 0 radical (unpaired) electrons. The Morgan fingerprint density at radius 1 is 1.36 bits per heavy atom. The molecule has 122 valence electrons. The largest absolute Gasteiger partial charge is 0.393 e. The number of nitrogens with zero attached hydrogens (tertiary/aromatic N) is 1. The summed E-state index contributed by atoms with van der Waals surface area (Å²) in [5.74, 6) is 2.14. The SMILES string of the molecule is C=CCSCCNC(C)c1ccc(N2CCC(O)CC2)cc1. The maximum atomic E-state index is 9.59. The molecule has 1 unspecified atom stereocenters. The molecule has 2 N–H and O–H groups in total. The van der Waals surface area contributed by atoms with E-state index in [0.717, 1.165) is 44.0 Å². The number of aliphatic hydroxyl groups excluding tert-OH is 1. The van der Waals surface area contributed by atoms with Crippen LogP contribution in [0, 0.1) is 0 Å². The second-order valence-corrected chi connectivity index (χ2v) is 7.00. The number of benzene rings is 1. The summed E-state index contributed by atoms with van der Waals surface area (Å²) in [6.07, 6.45) is 3.59. The number of piperidine rings is 1. The van der Waals surface area contributed by atoms with Crippen LogP contribution < -0.4 is 10.2 Å². The van der Waals surface area contributed by atoms with E-state index >= 15 is 0 Å². The summed E-state index contributed by atoms with van der Waals surface area (Å²) >= 11 is 1.90. The third-order valence-electron chi connectivity index (χ3n) is 4.16. The molecule has 0 saturated carbocycles. The third-order valence-corrected chi connectivity index (χ3v) is 5.12. The quantitative estimate of drug-likeness (QED) is 0.569. The summed E-state index contributed by atoms with van der Waals surface area (Å²) in [6, 6.07) is 9.22. The highest BCUT2D eigenvalue weighted by molar-refractivity contribution is 7.99. The Morgan fingerprint density at radius 3 is 2.68 bits per heavy atom. The summed E-state index contributed by atoms with van der Waals surface area (Å²) in [4.78, 5) is 2.36. The topological polar surface area (TPSA) is 35.5 Å². The van der Waals surface area contributed by atoms with E-state index in [9.17, 15) is 5.11 Å². The molecule has 1 aliphatic rings. The second-order valence-electron chi connectivity index (χ2n) is 5.85. The van der Waals surface area contributed by atoms with E-state index in [1.54, 1.807) is 0 Å². The highest BCUT2D eigenvalue weighted by Gasteiger charge is 2.17. The number of nitrogens with one attached hydrogen (secondary N) is 1. The highest BCUT2D eigenvalue weighted by atomic mass is 32.2. The van der Waals surface area contributed by atoms with Gasteiger partial charge in [0.15, 0.2) is 0 Å². The monoisotopic (exact) mass is 320 g/mol. The summed E-state index contributed by atoms with van der Waals surface area (Å²) in [6.45, 7) is 8.87. The molecule has 0 amide bonds. The van der Waals surface area contributed by atoms with Gasteiger partial charge in [-0.15, -0.1) is 6.58 Å². The summed E-state index contributed by atoms with van der Waals surface area (Å²) < 4.78 is 0. The lowest BCUT2D eigenvalue weighted by Crippen LogP contribution is -2.35. The van der Waals surface area contributed by atoms with Gasteiger partial charge in [-0.25, -0.2) is 0 Å². The van der Waals surface area contributed by atoms with Crippen molar-refractivity contribution < 1.29 is 5.11 Å². The van der Waals surface area contributed by atoms with Gasteiger partial charge < -0.3 is 15.3 Å². The van der Waals surface area contributed by atoms with Crippen LogP contribution in [0.1, 0.15) is 31.4 Å². The first-order chi connectivity index (χ1) is 10.7. The van der Waals surface area contributed by atoms with E-state index in [4.69, 9.17) is 0 Å². The van der Waals surface area contributed by atoms with Crippen molar-refractivity contribution in [1.82, 2.24) is 5.32 Å². The Morgan fingerprint density at radius 2 is 2.05 bits per heavy atom. The Labute approximate surface area is 138 Å². The number of aliphatic hydroxyl groups is 1. The van der Waals surface area contributed by atoms with Crippen molar-refractivity contribution in [3.8, 4) is 0 Å². The molecule has 1 heterocycles. The van der Waals surface area contributed by atoms with Gasteiger partial charge in [-0.3, -0.25) is 0 Å². The average Bonchev–Trinajstić information content (AvgIpc) is 2.55. The molecular weight excluding hydrogens is 292 g/mol. The van der Waals surface area contributed by atoms with Gasteiger partial charge in [-0.2, -0.15) is 11.8 Å². The van der Waals surface area contributed by atoms with Crippen LogP contribution in [0.3, 0.4) is 0 Å². The molecule has 4 heteroatoms. The van der Waals surface area contributed by atoms with Gasteiger partial charge in [-0.1, -0.05) is 18.2 Å². The molecule has 1 saturated heterocycles. The predicted molar refractivity (Wildman–Crippen MR) is 97.8 cm³/mol. The zero-order valence-corrected chi connectivity index (χ0v) is 14.3. The number of anilines is 1. The molecule has 1 aliphatic heterocycles. The standard InChI is InChI=1S/C18H28N2OS/c1-3-13-22-14-10-19-15(2)16-4-6-17(7-5-16)20-11-8-18(21)9-12-20/h3-7,15,18-19,21H,1,8-14H2,2H3. The van der Waals surface area contributed by atoms with Gasteiger partial charge in [0, 0.05) is 42.9 Å². The molecule has 1 aromatic carbocycles. The maximum Gasteiger partial charge on any atom is 0.0574 e. The number of hydrogen-bond donors (Lipinski definition) is 2. The average molecular weight is 321 g/mol.